The molecule has 14 nitrogen and oxygen atoms in total. The third-order valence-electron chi connectivity index (χ3n) is 8.20. The maximum absolute atomic E-state index is 12.2. The molecule has 274 valence electrons. The topological polar surface area (TPSA) is 205 Å². The van der Waals surface area contributed by atoms with E-state index in [4.69, 9.17) is 25.7 Å². The fourth-order valence-electron chi connectivity index (χ4n) is 5.61. The maximum atomic E-state index is 12.2. The summed E-state index contributed by atoms with van der Waals surface area (Å²) in [7, 11) is 1.59. The van der Waals surface area contributed by atoms with Gasteiger partial charge in [0, 0.05) is 12.1 Å². The number of hydrogen-bond acceptors (Lipinski definition) is 14. The number of aliphatic hydroxyl groups is 2. The van der Waals surface area contributed by atoms with Gasteiger partial charge in [0.2, 0.25) is 11.9 Å². The van der Waals surface area contributed by atoms with Gasteiger partial charge in [-0.2, -0.15) is 9.97 Å². The first kappa shape index (κ1) is 37.0. The monoisotopic (exact) mass is 714 g/mol. The summed E-state index contributed by atoms with van der Waals surface area (Å²) >= 11 is 0. The van der Waals surface area contributed by atoms with Crippen LogP contribution in [0.15, 0.2) is 60.9 Å². The Morgan fingerprint density at radius 2 is 1.10 bits per heavy atom. The molecule has 0 unspecified atom stereocenters. The van der Waals surface area contributed by atoms with Gasteiger partial charge in [-0.1, -0.05) is 12.1 Å². The number of alkyl halides is 3. The van der Waals surface area contributed by atoms with Crippen LogP contribution in [-0.2, 0) is 0 Å². The Bertz CT molecular complexity index is 1700. The predicted octanol–water partition coefficient (Wildman–Crippen LogP) is 6.04. The van der Waals surface area contributed by atoms with E-state index in [1.807, 2.05) is 24.3 Å². The van der Waals surface area contributed by atoms with Crippen molar-refractivity contribution in [2.75, 3.05) is 29.2 Å². The molecular weight excluding hydrogens is 673 g/mol. The third-order valence-corrected chi connectivity index (χ3v) is 8.20. The van der Waals surface area contributed by atoms with E-state index < -0.39 is 6.36 Å². The quantitative estimate of drug-likeness (QED) is 0.111. The van der Waals surface area contributed by atoms with Crippen molar-refractivity contribution in [3.8, 4) is 34.5 Å². The molecule has 8 N–H and O–H groups in total. The summed E-state index contributed by atoms with van der Waals surface area (Å²) in [5.74, 6) is 3.11. The van der Waals surface area contributed by atoms with Gasteiger partial charge in [-0.05, 0) is 87.8 Å². The Morgan fingerprint density at radius 3 is 1.57 bits per heavy atom. The maximum Gasteiger partial charge on any atom is 0.573 e. The van der Waals surface area contributed by atoms with Crippen LogP contribution in [0.2, 0.25) is 0 Å². The molecule has 51 heavy (non-hydrogen) atoms. The minimum absolute atomic E-state index is 0.0645. The van der Waals surface area contributed by atoms with Crippen LogP contribution in [0, 0.1) is 0 Å². The summed E-state index contributed by atoms with van der Waals surface area (Å²) in [5.41, 5.74) is 11.4. The molecule has 0 bridgehead atoms. The molecule has 2 aromatic carbocycles. The number of nitrogens with one attached hydrogen (secondary N) is 2. The highest BCUT2D eigenvalue weighted by molar-refractivity contribution is 5.55. The van der Waals surface area contributed by atoms with Crippen LogP contribution < -0.4 is 41.0 Å². The van der Waals surface area contributed by atoms with Crippen molar-refractivity contribution in [2.24, 2.45) is 0 Å². The average Bonchev–Trinajstić information content (AvgIpc) is 3.10. The Labute approximate surface area is 292 Å². The summed E-state index contributed by atoms with van der Waals surface area (Å²) in [4.78, 5) is 16.3. The number of methoxy groups -OCH3 is 1. The highest BCUT2D eigenvalue weighted by Crippen LogP contribution is 2.36. The fraction of sp³-hybridized carbons (Fsp3) is 0.412. The molecule has 0 amide bonds. The van der Waals surface area contributed by atoms with Gasteiger partial charge in [-0.15, -0.1) is 13.2 Å². The number of ether oxygens (including phenoxy) is 4. The summed E-state index contributed by atoms with van der Waals surface area (Å²) < 4.78 is 57.4. The van der Waals surface area contributed by atoms with Gasteiger partial charge in [-0.3, -0.25) is 0 Å². The molecule has 2 saturated carbocycles. The molecule has 0 saturated heterocycles. The van der Waals surface area contributed by atoms with Crippen molar-refractivity contribution in [3.63, 3.8) is 0 Å². The number of hydrogen-bond donors (Lipinski definition) is 6. The van der Waals surface area contributed by atoms with E-state index in [1.54, 1.807) is 13.3 Å². The predicted molar refractivity (Wildman–Crippen MR) is 183 cm³/mol. The normalized spacial score (nSPS) is 20.3. The molecule has 17 heteroatoms. The zero-order chi connectivity index (χ0) is 36.4. The number of halogens is 3. The summed E-state index contributed by atoms with van der Waals surface area (Å²) in [6, 6.07) is 12.7. The smallest absolute Gasteiger partial charge is 0.493 e. The Hall–Kier alpha value is -5.29. The summed E-state index contributed by atoms with van der Waals surface area (Å²) in [6.45, 7) is 0. The van der Waals surface area contributed by atoms with Gasteiger partial charge in [0.25, 0.3) is 0 Å². The van der Waals surface area contributed by atoms with Crippen LogP contribution in [0.25, 0.3) is 0 Å². The molecule has 4 aromatic rings. The highest BCUT2D eigenvalue weighted by Gasteiger charge is 2.31. The zero-order valence-electron chi connectivity index (χ0n) is 27.8. The lowest BCUT2D eigenvalue weighted by atomic mass is 9.93. The van der Waals surface area contributed by atoms with E-state index in [-0.39, 0.29) is 41.9 Å². The van der Waals surface area contributed by atoms with Crippen LogP contribution in [-0.4, -0.2) is 67.9 Å². The first-order valence-corrected chi connectivity index (χ1v) is 16.4. The van der Waals surface area contributed by atoms with Crippen molar-refractivity contribution < 1.29 is 42.3 Å². The van der Waals surface area contributed by atoms with Crippen molar-refractivity contribution in [3.05, 3.63) is 60.9 Å². The molecule has 2 aromatic heterocycles. The Balaban J connectivity index is 0.000000199. The second kappa shape index (κ2) is 17.1. The second-order valence-electron chi connectivity index (χ2n) is 12.1. The number of nitrogens with two attached hydrogens (primary N) is 2. The van der Waals surface area contributed by atoms with Gasteiger partial charge < -0.3 is 51.3 Å². The number of aliphatic hydroxyl groups excluding tert-OH is 2. The average molecular weight is 715 g/mol. The van der Waals surface area contributed by atoms with E-state index in [1.165, 1.54) is 18.3 Å². The number of nitrogen functional groups attached to an aromatic ring is 2. The standard InChI is InChI=1S/C17H19F3N4O3.C17H22N4O3/c18-17(19,20)27-13-7-5-12(6-8-13)26-14-9-22-16(21)24-15(14)23-10-1-3-11(25)4-2-10;1-23-13-4-2-3-5-14(13)24-15-10-19-17(18)21-16(15)20-11-6-8-12(22)9-7-11/h5-11,25H,1-4H2,(H3,21,22,23,24);2-5,10-12,22H,6-9H2,1H3,(H3,18,19,20,21). The first-order valence-electron chi connectivity index (χ1n) is 16.4. The molecule has 2 heterocycles. The Kier molecular flexibility index (Phi) is 12.4. The van der Waals surface area contributed by atoms with Crippen LogP contribution in [0.3, 0.4) is 0 Å². The van der Waals surface area contributed by atoms with Crippen LogP contribution in [0.1, 0.15) is 51.4 Å². The van der Waals surface area contributed by atoms with Crippen molar-refractivity contribution >= 4 is 23.5 Å². The molecule has 0 spiro atoms. The Morgan fingerprint density at radius 1 is 0.647 bits per heavy atom. The summed E-state index contributed by atoms with van der Waals surface area (Å²) in [6.07, 6.45) is 3.93. The van der Waals surface area contributed by atoms with E-state index >= 15 is 0 Å². The largest absolute Gasteiger partial charge is 0.573 e. The van der Waals surface area contributed by atoms with Gasteiger partial charge in [0.15, 0.2) is 34.6 Å². The molecule has 2 aliphatic carbocycles. The molecule has 6 rings (SSSR count). The van der Waals surface area contributed by atoms with Crippen LogP contribution in [0.4, 0.5) is 36.7 Å². The van der Waals surface area contributed by atoms with E-state index in [0.717, 1.165) is 50.7 Å². The van der Waals surface area contributed by atoms with E-state index in [2.05, 4.69) is 35.3 Å². The van der Waals surface area contributed by atoms with Crippen molar-refractivity contribution in [1.82, 2.24) is 19.9 Å². The number of anilines is 4. The SMILES string of the molecule is COc1ccccc1Oc1cnc(N)nc1NC1CCC(O)CC1.Nc1ncc(Oc2ccc(OC(F)(F)F)cc2)c(NC2CCC(O)CC2)n1. The van der Waals surface area contributed by atoms with Crippen molar-refractivity contribution in [2.45, 2.75) is 82.0 Å². The van der Waals surface area contributed by atoms with Gasteiger partial charge >= 0.3 is 6.36 Å². The molecule has 0 aliphatic heterocycles. The minimum atomic E-state index is -4.75. The number of nitrogens with zero attached hydrogens (tertiary/aromatic N) is 4. The van der Waals surface area contributed by atoms with Crippen LogP contribution >= 0.6 is 0 Å². The lowest BCUT2D eigenvalue weighted by Crippen LogP contribution is -2.28. The lowest BCUT2D eigenvalue weighted by molar-refractivity contribution is -0.274. The van der Waals surface area contributed by atoms with Gasteiger partial charge in [0.1, 0.15) is 11.5 Å². The zero-order valence-corrected chi connectivity index (χ0v) is 27.8. The first-order chi connectivity index (χ1) is 24.4. The molecule has 2 aliphatic rings. The minimum Gasteiger partial charge on any atom is -0.493 e. The lowest BCUT2D eigenvalue weighted by Gasteiger charge is -2.27. The molecular formula is C34H41F3N8O6. The van der Waals surface area contributed by atoms with Crippen molar-refractivity contribution in [1.29, 1.82) is 0 Å². The van der Waals surface area contributed by atoms with Gasteiger partial charge in [-0.25, -0.2) is 9.97 Å². The third kappa shape index (κ3) is 11.4. The number of para-hydroxylation sites is 2. The number of rotatable bonds is 10. The second-order valence-corrected chi connectivity index (χ2v) is 12.1. The molecule has 0 atom stereocenters. The number of benzene rings is 2. The van der Waals surface area contributed by atoms with E-state index in [0.29, 0.717) is 53.2 Å². The fourth-order valence-corrected chi connectivity index (χ4v) is 5.61. The highest BCUT2D eigenvalue weighted by atomic mass is 19.4. The molecule has 2 fully saturated rings. The van der Waals surface area contributed by atoms with E-state index in [9.17, 15) is 23.4 Å². The van der Waals surface area contributed by atoms with Gasteiger partial charge in [0.05, 0.1) is 31.7 Å². The van der Waals surface area contributed by atoms with Crippen LogP contribution in [0.5, 0.6) is 34.5 Å². The summed E-state index contributed by atoms with van der Waals surface area (Å²) in [5, 5.41) is 25.8. The molecule has 0 radical (unpaired) electrons. The number of aromatic nitrogens is 4.